The Labute approximate surface area is 173 Å². The highest BCUT2D eigenvalue weighted by Gasteiger charge is 2.35. The van der Waals surface area contributed by atoms with Gasteiger partial charge < -0.3 is 19.7 Å². The average molecular weight is 417 g/mol. The molecule has 0 fully saturated rings. The molecule has 29 heavy (non-hydrogen) atoms. The average Bonchev–Trinajstić information content (AvgIpc) is 2.70. The molecular formula is C21H21ClN2O5. The molecule has 1 aliphatic heterocycles. The van der Waals surface area contributed by atoms with E-state index in [1.54, 1.807) is 49.4 Å². The molecule has 0 saturated carbocycles. The third kappa shape index (κ3) is 4.51. The normalized spacial score (nSPS) is 16.3. The number of fused-ring (bicyclic) bond motifs is 1. The minimum atomic E-state index is -1.06. The standard InChI is InChI=1S/C21H21ClN2O5/c1-12-15(22)7-6-8-16(12)23-20(26)13(2)28-21(27)19-11-24(14(3)25)17-9-4-5-10-18(17)29-19/h4-10,13,19H,11H2,1-3H3,(H,23,26)/t13-,19-/m0/s1. The van der Waals surface area contributed by atoms with E-state index in [4.69, 9.17) is 21.1 Å². The highest BCUT2D eigenvalue weighted by molar-refractivity contribution is 6.31. The first-order valence-corrected chi connectivity index (χ1v) is 9.46. The summed E-state index contributed by atoms with van der Waals surface area (Å²) in [6.07, 6.45) is -2.09. The van der Waals surface area contributed by atoms with Crippen LogP contribution < -0.4 is 15.0 Å². The summed E-state index contributed by atoms with van der Waals surface area (Å²) in [5.41, 5.74) is 1.84. The van der Waals surface area contributed by atoms with Crippen LogP contribution >= 0.6 is 11.6 Å². The number of benzene rings is 2. The zero-order valence-corrected chi connectivity index (χ0v) is 17.0. The molecule has 0 bridgehead atoms. The maximum atomic E-state index is 12.6. The molecule has 0 aromatic heterocycles. The molecule has 0 spiro atoms. The van der Waals surface area contributed by atoms with E-state index in [1.165, 1.54) is 18.7 Å². The number of carbonyl (C=O) groups excluding carboxylic acids is 3. The molecule has 8 heteroatoms. The number of ether oxygens (including phenoxy) is 2. The monoisotopic (exact) mass is 416 g/mol. The summed E-state index contributed by atoms with van der Waals surface area (Å²) in [7, 11) is 0. The van der Waals surface area contributed by atoms with Crippen LogP contribution in [0.2, 0.25) is 5.02 Å². The molecule has 0 saturated heterocycles. The van der Waals surface area contributed by atoms with Crippen LogP contribution in [0, 0.1) is 6.92 Å². The molecule has 1 N–H and O–H groups in total. The van der Waals surface area contributed by atoms with E-state index in [9.17, 15) is 14.4 Å². The summed E-state index contributed by atoms with van der Waals surface area (Å²) in [4.78, 5) is 38.4. The quantitative estimate of drug-likeness (QED) is 0.773. The minimum Gasteiger partial charge on any atom is -0.475 e. The zero-order valence-electron chi connectivity index (χ0n) is 16.3. The summed E-state index contributed by atoms with van der Waals surface area (Å²) >= 11 is 6.06. The molecule has 2 atom stereocenters. The lowest BCUT2D eigenvalue weighted by Gasteiger charge is -2.33. The third-order valence-corrected chi connectivity index (χ3v) is 5.01. The Balaban J connectivity index is 1.67. The van der Waals surface area contributed by atoms with E-state index < -0.39 is 24.1 Å². The number of para-hydroxylation sites is 2. The van der Waals surface area contributed by atoms with E-state index in [2.05, 4.69) is 5.32 Å². The Hall–Kier alpha value is -3.06. The van der Waals surface area contributed by atoms with Crippen LogP contribution in [-0.4, -0.2) is 36.5 Å². The lowest BCUT2D eigenvalue weighted by Crippen LogP contribution is -2.48. The summed E-state index contributed by atoms with van der Waals surface area (Å²) in [5.74, 6) is -1.04. The van der Waals surface area contributed by atoms with Gasteiger partial charge in [0.1, 0.15) is 5.75 Å². The summed E-state index contributed by atoms with van der Waals surface area (Å²) < 4.78 is 11.0. The topological polar surface area (TPSA) is 84.9 Å². The predicted octanol–water partition coefficient (Wildman–Crippen LogP) is 3.33. The van der Waals surface area contributed by atoms with Crippen LogP contribution in [0.25, 0.3) is 0 Å². The number of anilines is 2. The van der Waals surface area contributed by atoms with Gasteiger partial charge in [0, 0.05) is 17.6 Å². The smallest absolute Gasteiger partial charge is 0.350 e. The lowest BCUT2D eigenvalue weighted by atomic mass is 10.2. The van der Waals surface area contributed by atoms with Crippen molar-refractivity contribution in [3.05, 3.63) is 53.1 Å². The van der Waals surface area contributed by atoms with Gasteiger partial charge in [-0.05, 0) is 43.7 Å². The molecular weight excluding hydrogens is 396 g/mol. The fourth-order valence-electron chi connectivity index (χ4n) is 2.94. The molecule has 1 aliphatic rings. The molecule has 2 aromatic rings. The molecule has 1 heterocycles. The molecule has 152 valence electrons. The fourth-order valence-corrected chi connectivity index (χ4v) is 3.11. The zero-order chi connectivity index (χ0) is 21.1. The Morgan fingerprint density at radius 1 is 1.21 bits per heavy atom. The van der Waals surface area contributed by atoms with Gasteiger partial charge in [-0.1, -0.05) is 29.8 Å². The summed E-state index contributed by atoms with van der Waals surface area (Å²) in [6, 6.07) is 12.1. The van der Waals surface area contributed by atoms with Gasteiger partial charge in [-0.15, -0.1) is 0 Å². The van der Waals surface area contributed by atoms with Crippen LogP contribution in [-0.2, 0) is 19.1 Å². The van der Waals surface area contributed by atoms with Gasteiger partial charge >= 0.3 is 5.97 Å². The number of carbonyl (C=O) groups is 3. The van der Waals surface area contributed by atoms with Crippen LogP contribution in [0.15, 0.2) is 42.5 Å². The highest BCUT2D eigenvalue weighted by Crippen LogP contribution is 2.33. The SMILES string of the molecule is CC(=O)N1C[C@@H](C(=O)O[C@@H](C)C(=O)Nc2cccc(Cl)c2C)Oc2ccccc21. The number of esters is 1. The van der Waals surface area contributed by atoms with E-state index in [1.807, 2.05) is 0 Å². The van der Waals surface area contributed by atoms with Crippen molar-refractivity contribution in [1.82, 2.24) is 0 Å². The second-order valence-corrected chi connectivity index (χ2v) is 7.09. The highest BCUT2D eigenvalue weighted by atomic mass is 35.5. The van der Waals surface area contributed by atoms with Crippen LogP contribution in [0.1, 0.15) is 19.4 Å². The lowest BCUT2D eigenvalue weighted by molar-refractivity contribution is -0.160. The second kappa shape index (κ2) is 8.53. The number of hydrogen-bond donors (Lipinski definition) is 1. The third-order valence-electron chi connectivity index (χ3n) is 4.60. The first-order valence-electron chi connectivity index (χ1n) is 9.08. The summed E-state index contributed by atoms with van der Waals surface area (Å²) in [5, 5.41) is 3.22. The van der Waals surface area contributed by atoms with Gasteiger partial charge in [0.05, 0.1) is 12.2 Å². The molecule has 0 radical (unpaired) electrons. The first kappa shape index (κ1) is 20.7. The number of nitrogens with one attached hydrogen (secondary N) is 1. The van der Waals surface area contributed by atoms with Gasteiger partial charge in [0.25, 0.3) is 5.91 Å². The van der Waals surface area contributed by atoms with E-state index >= 15 is 0 Å². The van der Waals surface area contributed by atoms with Gasteiger partial charge in [0.2, 0.25) is 12.0 Å². The van der Waals surface area contributed by atoms with Gasteiger partial charge in [-0.25, -0.2) is 4.79 Å². The van der Waals surface area contributed by atoms with Crippen molar-refractivity contribution in [3.8, 4) is 5.75 Å². The Kier molecular flexibility index (Phi) is 6.08. The maximum absolute atomic E-state index is 12.6. The summed E-state index contributed by atoms with van der Waals surface area (Å²) in [6.45, 7) is 4.66. The second-order valence-electron chi connectivity index (χ2n) is 6.68. The van der Waals surface area contributed by atoms with E-state index in [0.29, 0.717) is 27.7 Å². The van der Waals surface area contributed by atoms with Crippen LogP contribution in [0.4, 0.5) is 11.4 Å². The van der Waals surface area contributed by atoms with Crippen molar-refractivity contribution in [3.63, 3.8) is 0 Å². The van der Waals surface area contributed by atoms with Gasteiger partial charge in [0.15, 0.2) is 6.10 Å². The van der Waals surface area contributed by atoms with Crippen LogP contribution in [0.3, 0.4) is 0 Å². The number of halogens is 1. The van der Waals surface area contributed by atoms with Crippen molar-refractivity contribution >= 4 is 40.8 Å². The van der Waals surface area contributed by atoms with Crippen molar-refractivity contribution in [2.75, 3.05) is 16.8 Å². The molecule has 2 amide bonds. The van der Waals surface area contributed by atoms with Crippen molar-refractivity contribution in [1.29, 1.82) is 0 Å². The minimum absolute atomic E-state index is 0.00687. The van der Waals surface area contributed by atoms with E-state index in [-0.39, 0.29) is 12.5 Å². The Morgan fingerprint density at radius 3 is 2.66 bits per heavy atom. The van der Waals surface area contributed by atoms with Crippen molar-refractivity contribution in [2.45, 2.75) is 33.0 Å². The van der Waals surface area contributed by atoms with Crippen molar-refractivity contribution < 1.29 is 23.9 Å². The molecule has 0 unspecified atom stereocenters. The van der Waals surface area contributed by atoms with Crippen LogP contribution in [0.5, 0.6) is 5.75 Å². The molecule has 2 aromatic carbocycles. The molecule has 7 nitrogen and oxygen atoms in total. The number of hydrogen-bond acceptors (Lipinski definition) is 5. The largest absolute Gasteiger partial charge is 0.475 e. The van der Waals surface area contributed by atoms with Crippen molar-refractivity contribution in [2.24, 2.45) is 0 Å². The molecule has 3 rings (SSSR count). The fraction of sp³-hybridized carbons (Fsp3) is 0.286. The Morgan fingerprint density at radius 2 is 1.93 bits per heavy atom. The predicted molar refractivity (Wildman–Crippen MR) is 109 cm³/mol. The first-order chi connectivity index (χ1) is 13.8. The Bertz CT molecular complexity index is 962. The van der Waals surface area contributed by atoms with Gasteiger partial charge in [-0.2, -0.15) is 0 Å². The number of nitrogens with zero attached hydrogens (tertiary/aromatic N) is 1. The number of rotatable bonds is 4. The van der Waals surface area contributed by atoms with Gasteiger partial charge in [-0.3, -0.25) is 9.59 Å². The molecule has 0 aliphatic carbocycles. The maximum Gasteiger partial charge on any atom is 0.350 e. The number of amides is 2. The van der Waals surface area contributed by atoms with E-state index in [0.717, 1.165) is 0 Å².